The van der Waals surface area contributed by atoms with Gasteiger partial charge in [0.2, 0.25) is 5.82 Å². The van der Waals surface area contributed by atoms with E-state index >= 15 is 0 Å². The maximum absolute atomic E-state index is 13.1. The summed E-state index contributed by atoms with van der Waals surface area (Å²) < 4.78 is 23.6. The molecule has 0 saturated heterocycles. The van der Waals surface area contributed by atoms with Crippen molar-refractivity contribution in [3.63, 3.8) is 0 Å². The Labute approximate surface area is 165 Å². The molecule has 2 heterocycles. The van der Waals surface area contributed by atoms with Crippen LogP contribution in [0.3, 0.4) is 0 Å². The average Bonchev–Trinajstić information content (AvgIpc) is 3.41. The zero-order valence-electron chi connectivity index (χ0n) is 15.4. The molecule has 1 N–H and O–H groups in total. The fourth-order valence-electron chi connectivity index (χ4n) is 3.08. The summed E-state index contributed by atoms with van der Waals surface area (Å²) in [6.07, 6.45) is 0. The number of hydrogen-bond acceptors (Lipinski definition) is 5. The Bertz CT molecular complexity index is 1290. The quantitative estimate of drug-likeness (QED) is 0.465. The van der Waals surface area contributed by atoms with Gasteiger partial charge < -0.3 is 14.2 Å². The van der Waals surface area contributed by atoms with E-state index in [1.165, 1.54) is 12.1 Å². The first kappa shape index (κ1) is 17.1. The number of benzene rings is 3. The molecular formula is C22H15FN4O2. The molecule has 5 aromatic rings. The van der Waals surface area contributed by atoms with Crippen molar-refractivity contribution in [2.45, 2.75) is 0 Å². The molecular weight excluding hydrogens is 371 g/mol. The minimum absolute atomic E-state index is 0.312. The Morgan fingerprint density at radius 2 is 1.59 bits per heavy atom. The number of rotatable bonds is 4. The van der Waals surface area contributed by atoms with E-state index in [0.29, 0.717) is 17.3 Å². The lowest BCUT2D eigenvalue weighted by Crippen LogP contribution is -1.84. The lowest BCUT2D eigenvalue weighted by molar-refractivity contribution is 0.415. The molecule has 142 valence electrons. The van der Waals surface area contributed by atoms with E-state index in [9.17, 15) is 4.39 Å². The molecule has 0 bridgehead atoms. The summed E-state index contributed by atoms with van der Waals surface area (Å²) in [5.41, 5.74) is 4.19. The maximum atomic E-state index is 13.1. The van der Waals surface area contributed by atoms with Gasteiger partial charge in [-0.15, -0.1) is 0 Å². The summed E-state index contributed by atoms with van der Waals surface area (Å²) >= 11 is 0. The number of aromatic nitrogens is 4. The second-order valence-electron chi connectivity index (χ2n) is 6.48. The van der Waals surface area contributed by atoms with Crippen LogP contribution in [0.15, 0.2) is 71.3 Å². The molecule has 29 heavy (non-hydrogen) atoms. The van der Waals surface area contributed by atoms with Gasteiger partial charge in [0.15, 0.2) is 0 Å². The monoisotopic (exact) mass is 386 g/mol. The molecule has 0 radical (unpaired) electrons. The van der Waals surface area contributed by atoms with Crippen molar-refractivity contribution in [1.29, 1.82) is 0 Å². The van der Waals surface area contributed by atoms with Crippen molar-refractivity contribution < 1.29 is 13.7 Å². The molecule has 0 amide bonds. The molecule has 5 rings (SSSR count). The van der Waals surface area contributed by atoms with Crippen LogP contribution in [0.5, 0.6) is 5.75 Å². The van der Waals surface area contributed by atoms with Crippen LogP contribution in [0.1, 0.15) is 0 Å². The van der Waals surface area contributed by atoms with Crippen LogP contribution < -0.4 is 4.74 Å². The summed E-state index contributed by atoms with van der Waals surface area (Å²) in [4.78, 5) is 12.3. The highest BCUT2D eigenvalue weighted by atomic mass is 19.1. The van der Waals surface area contributed by atoms with Crippen LogP contribution in [0.2, 0.25) is 0 Å². The van der Waals surface area contributed by atoms with Crippen molar-refractivity contribution in [1.82, 2.24) is 20.1 Å². The van der Waals surface area contributed by atoms with Crippen LogP contribution >= 0.6 is 0 Å². The van der Waals surface area contributed by atoms with E-state index in [-0.39, 0.29) is 5.82 Å². The number of aromatic amines is 1. The van der Waals surface area contributed by atoms with Gasteiger partial charge in [0.1, 0.15) is 17.4 Å². The Hall–Kier alpha value is -4.00. The summed E-state index contributed by atoms with van der Waals surface area (Å²) in [5, 5.41) is 4.02. The summed E-state index contributed by atoms with van der Waals surface area (Å²) in [5.74, 6) is 2.02. The van der Waals surface area contributed by atoms with Crippen LogP contribution in [0, 0.1) is 5.82 Å². The molecule has 0 saturated carbocycles. The summed E-state index contributed by atoms with van der Waals surface area (Å²) in [6, 6.07) is 19.3. The van der Waals surface area contributed by atoms with Gasteiger partial charge in [0.05, 0.1) is 18.1 Å². The van der Waals surface area contributed by atoms with Crippen molar-refractivity contribution in [3.05, 3.63) is 72.5 Å². The lowest BCUT2D eigenvalue weighted by Gasteiger charge is -1.98. The van der Waals surface area contributed by atoms with Crippen molar-refractivity contribution in [3.8, 4) is 40.0 Å². The molecule has 7 heteroatoms. The topological polar surface area (TPSA) is 76.8 Å². The molecule has 0 unspecified atom stereocenters. The van der Waals surface area contributed by atoms with Crippen LogP contribution in [-0.2, 0) is 0 Å². The number of fused-ring (bicyclic) bond motifs is 1. The highest BCUT2D eigenvalue weighted by Gasteiger charge is 2.12. The zero-order chi connectivity index (χ0) is 19.8. The van der Waals surface area contributed by atoms with Gasteiger partial charge in [0.25, 0.3) is 5.89 Å². The van der Waals surface area contributed by atoms with Gasteiger partial charge in [-0.05, 0) is 36.4 Å². The van der Waals surface area contributed by atoms with E-state index in [0.717, 1.165) is 33.7 Å². The first-order valence-electron chi connectivity index (χ1n) is 8.94. The third kappa shape index (κ3) is 3.23. The van der Waals surface area contributed by atoms with Crippen molar-refractivity contribution in [2.75, 3.05) is 7.11 Å². The van der Waals surface area contributed by atoms with E-state index in [4.69, 9.17) is 9.26 Å². The predicted octanol–water partition coefficient (Wildman–Crippen LogP) is 5.09. The Kier molecular flexibility index (Phi) is 4.05. The van der Waals surface area contributed by atoms with Gasteiger partial charge >= 0.3 is 0 Å². The smallest absolute Gasteiger partial charge is 0.258 e. The number of nitrogens with zero attached hydrogens (tertiary/aromatic N) is 3. The number of methoxy groups -OCH3 is 1. The molecule has 3 aromatic carbocycles. The first-order chi connectivity index (χ1) is 14.2. The average molecular weight is 386 g/mol. The second kappa shape index (κ2) is 6.87. The van der Waals surface area contributed by atoms with Gasteiger partial charge in [-0.1, -0.05) is 29.4 Å². The molecule has 0 aliphatic rings. The third-order valence-corrected chi connectivity index (χ3v) is 4.62. The Morgan fingerprint density at radius 3 is 2.34 bits per heavy atom. The zero-order valence-corrected chi connectivity index (χ0v) is 15.4. The maximum Gasteiger partial charge on any atom is 0.258 e. The predicted molar refractivity (Wildman–Crippen MR) is 107 cm³/mol. The number of hydrogen-bond donors (Lipinski definition) is 1. The summed E-state index contributed by atoms with van der Waals surface area (Å²) in [6.45, 7) is 0. The largest absolute Gasteiger partial charge is 0.497 e. The molecule has 0 fully saturated rings. The number of ether oxygens (including phenoxy) is 1. The Balaban J connectivity index is 1.42. The van der Waals surface area contributed by atoms with Gasteiger partial charge in [-0.25, -0.2) is 9.37 Å². The van der Waals surface area contributed by atoms with E-state index < -0.39 is 0 Å². The minimum atomic E-state index is -0.312. The van der Waals surface area contributed by atoms with Gasteiger partial charge in [0, 0.05) is 22.8 Å². The highest BCUT2D eigenvalue weighted by molar-refractivity contribution is 5.81. The highest BCUT2D eigenvalue weighted by Crippen LogP contribution is 2.27. The number of H-pyrrole nitrogens is 1. The SMILES string of the molecule is COc1ccc2[nH]c(-c3ccc(-c4noc(-c5ccc(F)cc5)n4)cc3)nc2c1. The normalized spacial score (nSPS) is 11.1. The number of imidazole rings is 1. The van der Waals surface area contributed by atoms with Crippen LogP contribution in [-0.4, -0.2) is 27.2 Å². The standard InChI is InChI=1S/C22H15FN4O2/c1-28-17-10-11-18-19(12-17)25-20(24-18)13-2-4-14(5-3-13)21-26-22(29-27-21)15-6-8-16(23)9-7-15/h2-12H,1H3,(H,24,25). The molecule has 2 aromatic heterocycles. The minimum Gasteiger partial charge on any atom is -0.497 e. The number of halogens is 1. The Morgan fingerprint density at radius 1 is 0.862 bits per heavy atom. The lowest BCUT2D eigenvalue weighted by atomic mass is 10.1. The molecule has 0 aliphatic heterocycles. The molecule has 0 atom stereocenters. The fourth-order valence-corrected chi connectivity index (χ4v) is 3.08. The molecule has 0 spiro atoms. The van der Waals surface area contributed by atoms with Gasteiger partial charge in [-0.3, -0.25) is 0 Å². The third-order valence-electron chi connectivity index (χ3n) is 4.62. The molecule has 6 nitrogen and oxygen atoms in total. The van der Waals surface area contributed by atoms with Crippen molar-refractivity contribution >= 4 is 11.0 Å². The summed E-state index contributed by atoms with van der Waals surface area (Å²) in [7, 11) is 1.63. The van der Waals surface area contributed by atoms with Crippen molar-refractivity contribution in [2.24, 2.45) is 0 Å². The first-order valence-corrected chi connectivity index (χ1v) is 8.94. The molecule has 0 aliphatic carbocycles. The van der Waals surface area contributed by atoms with E-state index in [1.807, 2.05) is 42.5 Å². The van der Waals surface area contributed by atoms with E-state index in [2.05, 4.69) is 20.1 Å². The number of nitrogens with one attached hydrogen (secondary N) is 1. The van der Waals surface area contributed by atoms with Crippen LogP contribution in [0.25, 0.3) is 45.3 Å². The van der Waals surface area contributed by atoms with Crippen LogP contribution in [0.4, 0.5) is 4.39 Å². The fraction of sp³-hybridized carbons (Fsp3) is 0.0455. The second-order valence-corrected chi connectivity index (χ2v) is 6.48. The van der Waals surface area contributed by atoms with Gasteiger partial charge in [-0.2, -0.15) is 4.98 Å². The van der Waals surface area contributed by atoms with E-state index in [1.54, 1.807) is 19.2 Å².